The van der Waals surface area contributed by atoms with E-state index in [0.29, 0.717) is 6.42 Å². The molecule has 1 aliphatic carbocycles. The van der Waals surface area contributed by atoms with Crippen LogP contribution in [-0.4, -0.2) is 5.11 Å². The summed E-state index contributed by atoms with van der Waals surface area (Å²) < 4.78 is 27.5. The van der Waals surface area contributed by atoms with Crippen LogP contribution in [0.3, 0.4) is 0 Å². The highest BCUT2D eigenvalue weighted by Crippen LogP contribution is 2.52. The van der Waals surface area contributed by atoms with E-state index in [1.165, 1.54) is 19.1 Å². The van der Waals surface area contributed by atoms with Gasteiger partial charge in [0.25, 0.3) is 0 Å². The molecule has 17 heavy (non-hydrogen) atoms. The van der Waals surface area contributed by atoms with Crippen LogP contribution in [0.2, 0.25) is 0 Å². The van der Waals surface area contributed by atoms with Crippen LogP contribution in [0.4, 0.5) is 8.78 Å². The first-order chi connectivity index (χ1) is 7.79. The number of aryl methyl sites for hydroxylation is 1. The molecule has 0 amide bonds. The molecule has 1 aromatic rings. The molecular formula is C14H18F2O. The van der Waals surface area contributed by atoms with Gasteiger partial charge in [-0.1, -0.05) is 26.0 Å². The van der Waals surface area contributed by atoms with Crippen LogP contribution in [-0.2, 0) is 5.60 Å². The standard InChI is InChI=1S/C14H18F2O/c1-9-5-6-10(12(16)11(9)15)14(17)8-4-7-13(14,2)3/h5-6,17H,4,7-8H2,1-3H3. The molecule has 2 rings (SSSR count). The van der Waals surface area contributed by atoms with E-state index in [4.69, 9.17) is 0 Å². The predicted molar refractivity (Wildman–Crippen MR) is 62.6 cm³/mol. The van der Waals surface area contributed by atoms with Crippen molar-refractivity contribution in [2.24, 2.45) is 5.41 Å². The highest BCUT2D eigenvalue weighted by atomic mass is 19.2. The lowest BCUT2D eigenvalue weighted by molar-refractivity contribution is -0.0516. The van der Waals surface area contributed by atoms with Gasteiger partial charge in [-0.3, -0.25) is 0 Å². The van der Waals surface area contributed by atoms with Gasteiger partial charge in [0.2, 0.25) is 0 Å². The van der Waals surface area contributed by atoms with Crippen molar-refractivity contribution in [3.8, 4) is 0 Å². The van der Waals surface area contributed by atoms with Crippen molar-refractivity contribution in [1.82, 2.24) is 0 Å². The highest BCUT2D eigenvalue weighted by molar-refractivity contribution is 5.32. The molecule has 1 fully saturated rings. The zero-order valence-electron chi connectivity index (χ0n) is 10.5. The lowest BCUT2D eigenvalue weighted by Crippen LogP contribution is -2.38. The molecule has 1 aliphatic rings. The van der Waals surface area contributed by atoms with Crippen molar-refractivity contribution < 1.29 is 13.9 Å². The molecular weight excluding hydrogens is 222 g/mol. The van der Waals surface area contributed by atoms with Crippen molar-refractivity contribution in [2.45, 2.75) is 45.6 Å². The van der Waals surface area contributed by atoms with Crippen LogP contribution in [0.25, 0.3) is 0 Å². The Morgan fingerprint density at radius 3 is 2.29 bits per heavy atom. The molecule has 0 bridgehead atoms. The molecule has 1 N–H and O–H groups in total. The molecule has 0 radical (unpaired) electrons. The van der Waals surface area contributed by atoms with Gasteiger partial charge < -0.3 is 5.11 Å². The van der Waals surface area contributed by atoms with E-state index in [1.54, 1.807) is 0 Å². The zero-order chi connectivity index (χ0) is 12.8. The first-order valence-electron chi connectivity index (χ1n) is 5.97. The molecule has 1 nitrogen and oxygen atoms in total. The van der Waals surface area contributed by atoms with Gasteiger partial charge >= 0.3 is 0 Å². The van der Waals surface area contributed by atoms with Gasteiger partial charge in [-0.05, 0) is 37.2 Å². The summed E-state index contributed by atoms with van der Waals surface area (Å²) >= 11 is 0. The molecule has 0 saturated heterocycles. The van der Waals surface area contributed by atoms with Crippen LogP contribution in [0.15, 0.2) is 12.1 Å². The smallest absolute Gasteiger partial charge is 0.165 e. The van der Waals surface area contributed by atoms with Gasteiger partial charge in [-0.2, -0.15) is 0 Å². The fourth-order valence-corrected chi connectivity index (χ4v) is 2.80. The molecule has 0 aliphatic heterocycles. The Morgan fingerprint density at radius 2 is 1.76 bits per heavy atom. The van der Waals surface area contributed by atoms with Crippen LogP contribution in [0.5, 0.6) is 0 Å². The summed E-state index contributed by atoms with van der Waals surface area (Å²) in [6.07, 6.45) is 2.14. The topological polar surface area (TPSA) is 20.2 Å². The van der Waals surface area contributed by atoms with Gasteiger partial charge in [0, 0.05) is 5.56 Å². The second-order valence-corrected chi connectivity index (χ2v) is 5.66. The zero-order valence-corrected chi connectivity index (χ0v) is 10.5. The largest absolute Gasteiger partial charge is 0.384 e. The predicted octanol–water partition coefficient (Wildman–Crippen LogP) is 3.67. The van der Waals surface area contributed by atoms with E-state index in [2.05, 4.69) is 0 Å². The van der Waals surface area contributed by atoms with Crippen LogP contribution in [0, 0.1) is 24.0 Å². The summed E-state index contributed by atoms with van der Waals surface area (Å²) in [4.78, 5) is 0. The van der Waals surface area contributed by atoms with E-state index in [-0.39, 0.29) is 11.1 Å². The van der Waals surface area contributed by atoms with Crippen LogP contribution in [0.1, 0.15) is 44.2 Å². The first kappa shape index (κ1) is 12.5. The van der Waals surface area contributed by atoms with Crippen molar-refractivity contribution in [1.29, 1.82) is 0 Å². The minimum Gasteiger partial charge on any atom is -0.384 e. The van der Waals surface area contributed by atoms with E-state index in [9.17, 15) is 13.9 Å². The molecule has 1 aromatic carbocycles. The molecule has 0 spiro atoms. The van der Waals surface area contributed by atoms with Gasteiger partial charge in [-0.15, -0.1) is 0 Å². The number of benzene rings is 1. The summed E-state index contributed by atoms with van der Waals surface area (Å²) in [5.41, 5.74) is -1.31. The Bertz CT molecular complexity index is 454. The van der Waals surface area contributed by atoms with Crippen molar-refractivity contribution in [3.05, 3.63) is 34.9 Å². The minimum atomic E-state index is -1.26. The summed E-state index contributed by atoms with van der Waals surface area (Å²) in [5.74, 6) is -1.75. The Hall–Kier alpha value is -0.960. The summed E-state index contributed by atoms with van der Waals surface area (Å²) in [6.45, 7) is 5.32. The van der Waals surface area contributed by atoms with Crippen molar-refractivity contribution in [3.63, 3.8) is 0 Å². The molecule has 0 aromatic heterocycles. The highest BCUT2D eigenvalue weighted by Gasteiger charge is 2.50. The third-order valence-electron chi connectivity index (χ3n) is 4.18. The number of rotatable bonds is 1. The Kier molecular flexibility index (Phi) is 2.77. The van der Waals surface area contributed by atoms with Gasteiger partial charge in [0.05, 0.1) is 5.60 Å². The molecule has 1 unspecified atom stereocenters. The normalized spacial score (nSPS) is 27.4. The van der Waals surface area contributed by atoms with Crippen LogP contribution < -0.4 is 0 Å². The van der Waals surface area contributed by atoms with Crippen molar-refractivity contribution >= 4 is 0 Å². The molecule has 3 heteroatoms. The number of hydrogen-bond donors (Lipinski definition) is 1. The van der Waals surface area contributed by atoms with Gasteiger partial charge in [0.15, 0.2) is 11.6 Å². The quantitative estimate of drug-likeness (QED) is 0.794. The third-order valence-corrected chi connectivity index (χ3v) is 4.18. The Balaban J connectivity index is 2.58. The molecule has 0 heterocycles. The summed E-state index contributed by atoms with van der Waals surface area (Å²) in [6, 6.07) is 3.04. The average Bonchev–Trinajstić information content (AvgIpc) is 2.51. The second kappa shape index (κ2) is 3.77. The molecule has 94 valence electrons. The fourth-order valence-electron chi connectivity index (χ4n) is 2.80. The lowest BCUT2D eigenvalue weighted by Gasteiger charge is -2.37. The minimum absolute atomic E-state index is 0.100. The Labute approximate surface area is 100 Å². The summed E-state index contributed by atoms with van der Waals surface area (Å²) in [5, 5.41) is 10.7. The van der Waals surface area contributed by atoms with E-state index in [0.717, 1.165) is 12.8 Å². The average molecular weight is 240 g/mol. The monoisotopic (exact) mass is 240 g/mol. The SMILES string of the molecule is Cc1ccc(C2(O)CCCC2(C)C)c(F)c1F. The molecule has 1 saturated carbocycles. The lowest BCUT2D eigenvalue weighted by atomic mass is 9.73. The fraction of sp³-hybridized carbons (Fsp3) is 0.571. The van der Waals surface area contributed by atoms with E-state index in [1.807, 2.05) is 13.8 Å². The number of halogens is 2. The number of hydrogen-bond acceptors (Lipinski definition) is 1. The van der Waals surface area contributed by atoms with Crippen LogP contribution >= 0.6 is 0 Å². The third kappa shape index (κ3) is 1.68. The Morgan fingerprint density at radius 1 is 1.12 bits per heavy atom. The van der Waals surface area contributed by atoms with E-state index >= 15 is 0 Å². The van der Waals surface area contributed by atoms with Gasteiger partial charge in [-0.25, -0.2) is 8.78 Å². The maximum Gasteiger partial charge on any atom is 0.165 e. The summed E-state index contributed by atoms with van der Waals surface area (Å²) in [7, 11) is 0. The maximum absolute atomic E-state index is 14.0. The molecule has 1 atom stereocenters. The maximum atomic E-state index is 14.0. The van der Waals surface area contributed by atoms with E-state index < -0.39 is 22.7 Å². The first-order valence-corrected chi connectivity index (χ1v) is 5.97. The van der Waals surface area contributed by atoms with Crippen molar-refractivity contribution in [2.75, 3.05) is 0 Å². The van der Waals surface area contributed by atoms with Gasteiger partial charge in [0.1, 0.15) is 0 Å². The number of aliphatic hydroxyl groups is 1. The second-order valence-electron chi connectivity index (χ2n) is 5.66.